The maximum Gasteiger partial charge on any atom is 1.00 e. The molecule has 0 aliphatic carbocycles. The number of hydrogen-bond donors (Lipinski definition) is 1. The summed E-state index contributed by atoms with van der Waals surface area (Å²) in [5.41, 5.74) is 0.828. The maximum atomic E-state index is 12.5. The van der Waals surface area contributed by atoms with Gasteiger partial charge in [0.05, 0.1) is 6.61 Å². The van der Waals surface area contributed by atoms with Gasteiger partial charge in [0.1, 0.15) is 22.8 Å². The second-order valence-corrected chi connectivity index (χ2v) is 12.8. The number of ether oxygens (including phenoxy) is 3. The van der Waals surface area contributed by atoms with E-state index < -0.39 is 29.4 Å². The Labute approximate surface area is 302 Å². The minimum atomic E-state index is -0.836. The average molecular weight is 687 g/mol. The molecular weight excluding hydrogens is 631 g/mol. The van der Waals surface area contributed by atoms with Crippen molar-refractivity contribution >= 4 is 35.8 Å². The fraction of sp³-hybridized carbons (Fsp3) is 0.588. The van der Waals surface area contributed by atoms with Crippen molar-refractivity contribution in [3.05, 3.63) is 47.8 Å². The van der Waals surface area contributed by atoms with Crippen LogP contribution in [0.2, 0.25) is 0 Å². The number of carbonyl (C=O) groups excluding carboxylic acids is 3. The second kappa shape index (κ2) is 24.4. The standard InChI is InChI=1S/C18H28N2O4.C16H24N2O4.Li.2H2O/c1-6-23-16(21)9-7-8-12-20(17(22)24-18(3,4)5)15-13-14(2)10-11-19-15;1-12-8-9-17-13(11-12)18(10-6-5-7-14(19)20)15(21)22-16(2,3)4;;;/h10-11,13H,6-9,12H2,1-5H3;8-9,11H,5-7,10H2,1-4H3,(H,19,20);;2*1H2/q;;+1;;/p-1. The van der Waals surface area contributed by atoms with Gasteiger partial charge in [-0.05, 0) is 123 Å². The Hall–Kier alpha value is -3.70. The summed E-state index contributed by atoms with van der Waals surface area (Å²) in [5, 5.41) is 8.68. The van der Waals surface area contributed by atoms with Crippen molar-refractivity contribution in [2.45, 2.75) is 112 Å². The molecule has 0 radical (unpaired) electrons. The summed E-state index contributed by atoms with van der Waals surface area (Å²) in [7, 11) is 0. The number of hydrogen-bond acceptors (Lipinski definition) is 10. The molecule has 0 saturated heterocycles. The normalized spacial score (nSPS) is 10.4. The molecule has 14 nitrogen and oxygen atoms in total. The van der Waals surface area contributed by atoms with E-state index in [1.165, 1.54) is 9.80 Å². The van der Waals surface area contributed by atoms with Crippen LogP contribution in [0, 0.1) is 13.8 Å². The topological polar surface area (TPSA) is 210 Å². The van der Waals surface area contributed by atoms with Crippen molar-refractivity contribution in [1.82, 2.24) is 9.97 Å². The van der Waals surface area contributed by atoms with Gasteiger partial charge in [0.15, 0.2) is 0 Å². The molecule has 0 aliphatic heterocycles. The van der Waals surface area contributed by atoms with Gasteiger partial charge in [0.25, 0.3) is 0 Å². The number of carboxylic acids is 1. The smallest absolute Gasteiger partial charge is 0.870 e. The van der Waals surface area contributed by atoms with E-state index in [0.29, 0.717) is 63.4 Å². The number of esters is 1. The van der Waals surface area contributed by atoms with Crippen LogP contribution in [-0.4, -0.2) is 81.1 Å². The van der Waals surface area contributed by atoms with Crippen LogP contribution in [0.3, 0.4) is 0 Å². The summed E-state index contributed by atoms with van der Waals surface area (Å²) in [5.74, 6) is 0.0254. The summed E-state index contributed by atoms with van der Waals surface area (Å²) in [4.78, 5) is 58.2. The number of pyridine rings is 2. The molecule has 49 heavy (non-hydrogen) atoms. The van der Waals surface area contributed by atoms with Crippen LogP contribution < -0.4 is 28.7 Å². The minimum Gasteiger partial charge on any atom is -0.870 e. The van der Waals surface area contributed by atoms with Gasteiger partial charge in [-0.15, -0.1) is 0 Å². The molecule has 2 heterocycles. The van der Waals surface area contributed by atoms with E-state index in [4.69, 9.17) is 19.3 Å². The molecule has 0 aliphatic rings. The molecule has 0 bridgehead atoms. The Morgan fingerprint density at radius 2 is 1.12 bits per heavy atom. The summed E-state index contributed by atoms with van der Waals surface area (Å²) >= 11 is 0. The van der Waals surface area contributed by atoms with Crippen LogP contribution in [0.15, 0.2) is 36.7 Å². The molecule has 2 aromatic heterocycles. The van der Waals surface area contributed by atoms with E-state index in [1.54, 1.807) is 46.2 Å². The molecule has 272 valence electrons. The van der Waals surface area contributed by atoms with Crippen molar-refractivity contribution in [3.8, 4) is 0 Å². The fourth-order valence-corrected chi connectivity index (χ4v) is 3.89. The molecular formula is C34H55LiN4O10. The molecule has 0 aromatic carbocycles. The number of nitrogens with zero attached hydrogens (tertiary/aromatic N) is 4. The third-order valence-corrected chi connectivity index (χ3v) is 5.92. The number of carboxylic acid groups (broad SMARTS) is 1. The van der Waals surface area contributed by atoms with Crippen LogP contribution in [0.25, 0.3) is 0 Å². The average Bonchev–Trinajstić information content (AvgIpc) is 2.91. The first-order valence-corrected chi connectivity index (χ1v) is 15.7. The van der Waals surface area contributed by atoms with Gasteiger partial charge in [-0.25, -0.2) is 19.6 Å². The SMILES string of the molecule is CCOC(=O)CCCCN(C(=O)OC(C)(C)C)c1cc(C)ccn1.Cc1ccnc(N(CCCCC(=O)O)C(=O)OC(C)(C)C)c1.O.[Li+].[OH-]. The summed E-state index contributed by atoms with van der Waals surface area (Å²) in [6, 6.07) is 7.37. The third kappa shape index (κ3) is 22.5. The fourth-order valence-electron chi connectivity index (χ4n) is 3.89. The van der Waals surface area contributed by atoms with Crippen molar-refractivity contribution in [1.29, 1.82) is 0 Å². The van der Waals surface area contributed by atoms with Crippen LogP contribution in [-0.2, 0) is 23.8 Å². The monoisotopic (exact) mass is 686 g/mol. The van der Waals surface area contributed by atoms with E-state index in [0.717, 1.165) is 11.1 Å². The number of carbonyl (C=O) groups is 4. The molecule has 4 N–H and O–H groups in total. The molecule has 0 fully saturated rings. The predicted molar refractivity (Wildman–Crippen MR) is 183 cm³/mol. The maximum absolute atomic E-state index is 12.5. The first kappa shape index (κ1) is 49.7. The van der Waals surface area contributed by atoms with Gasteiger partial charge >= 0.3 is 43.0 Å². The quantitative estimate of drug-likeness (QED) is 0.140. The van der Waals surface area contributed by atoms with E-state index in [9.17, 15) is 19.2 Å². The molecule has 2 amide bonds. The number of anilines is 2. The first-order chi connectivity index (χ1) is 21.4. The molecule has 0 atom stereocenters. The zero-order valence-corrected chi connectivity index (χ0v) is 30.9. The number of amides is 2. The van der Waals surface area contributed by atoms with Gasteiger partial charge < -0.3 is 30.3 Å². The largest absolute Gasteiger partial charge is 1.00 e. The Bertz CT molecular complexity index is 1280. The van der Waals surface area contributed by atoms with Crippen molar-refractivity contribution in [3.63, 3.8) is 0 Å². The Balaban J connectivity index is -0.000000816. The molecule has 0 spiro atoms. The van der Waals surface area contributed by atoms with E-state index >= 15 is 0 Å². The molecule has 2 aromatic rings. The third-order valence-electron chi connectivity index (χ3n) is 5.92. The number of unbranched alkanes of at least 4 members (excludes halogenated alkanes) is 2. The van der Waals surface area contributed by atoms with E-state index in [-0.39, 0.29) is 42.2 Å². The van der Waals surface area contributed by atoms with Crippen molar-refractivity contribution in [2.24, 2.45) is 0 Å². The van der Waals surface area contributed by atoms with Crippen molar-refractivity contribution < 1.29 is 68.3 Å². The second-order valence-electron chi connectivity index (χ2n) is 12.8. The number of aliphatic carboxylic acids is 1. The number of aromatic nitrogens is 2. The van der Waals surface area contributed by atoms with Gasteiger partial charge in [0.2, 0.25) is 0 Å². The molecule has 0 unspecified atom stereocenters. The van der Waals surface area contributed by atoms with E-state index in [1.807, 2.05) is 52.8 Å². The van der Waals surface area contributed by atoms with Gasteiger partial charge in [-0.1, -0.05) is 0 Å². The van der Waals surface area contributed by atoms with Gasteiger partial charge in [-0.3, -0.25) is 19.4 Å². The van der Waals surface area contributed by atoms with Crippen molar-refractivity contribution in [2.75, 3.05) is 29.5 Å². The van der Waals surface area contributed by atoms with Gasteiger partial charge in [-0.2, -0.15) is 0 Å². The summed E-state index contributed by atoms with van der Waals surface area (Å²) in [6.45, 7) is 17.7. The molecule has 0 saturated carbocycles. The molecule has 15 heteroatoms. The molecule has 2 rings (SSSR count). The summed E-state index contributed by atoms with van der Waals surface area (Å²) < 4.78 is 15.8. The minimum absolute atomic E-state index is 0. The van der Waals surface area contributed by atoms with Crippen LogP contribution in [0.1, 0.15) is 98.1 Å². The number of aryl methyl sites for hydroxylation is 2. The van der Waals surface area contributed by atoms with Crippen LogP contribution in [0.4, 0.5) is 21.2 Å². The summed E-state index contributed by atoms with van der Waals surface area (Å²) in [6.07, 6.45) is 5.21. The zero-order chi connectivity index (χ0) is 34.9. The Morgan fingerprint density at radius 3 is 1.45 bits per heavy atom. The number of rotatable bonds is 13. The van der Waals surface area contributed by atoms with Crippen LogP contribution in [0.5, 0.6) is 0 Å². The first-order valence-electron chi connectivity index (χ1n) is 15.7. The van der Waals surface area contributed by atoms with Crippen LogP contribution >= 0.6 is 0 Å². The predicted octanol–water partition coefficient (Wildman–Crippen LogP) is 3.25. The Kier molecular flexibility index (Phi) is 24.8. The zero-order valence-electron chi connectivity index (χ0n) is 30.9. The Morgan fingerprint density at radius 1 is 0.735 bits per heavy atom. The van der Waals surface area contributed by atoms with E-state index in [2.05, 4.69) is 9.97 Å². The van der Waals surface area contributed by atoms with Gasteiger partial charge in [0, 0.05) is 38.3 Å².